The molecular weight excluding hydrogens is 424 g/mol. The maximum atomic E-state index is 11.0. The van der Waals surface area contributed by atoms with Crippen molar-refractivity contribution in [3.8, 4) is 0 Å². The van der Waals surface area contributed by atoms with Gasteiger partial charge in [0, 0.05) is 35.8 Å². The second-order valence-corrected chi connectivity index (χ2v) is 8.95. The molecule has 0 saturated carbocycles. The summed E-state index contributed by atoms with van der Waals surface area (Å²) >= 11 is 0. The van der Waals surface area contributed by atoms with Crippen LogP contribution in [0.15, 0.2) is 60.3 Å². The molecule has 5 N–H and O–H groups in total. The second kappa shape index (κ2) is 11.7. The topological polar surface area (TPSA) is 89.2 Å². The largest absolute Gasteiger partial charge is 0.391 e. The third-order valence-electron chi connectivity index (χ3n) is 6.39. The van der Waals surface area contributed by atoms with E-state index in [1.807, 2.05) is 24.3 Å². The molecule has 1 aliphatic heterocycles. The van der Waals surface area contributed by atoms with Crippen molar-refractivity contribution < 1.29 is 10.0 Å². The first-order chi connectivity index (χ1) is 16.6. The Morgan fingerprint density at radius 1 is 1.12 bits per heavy atom. The molecule has 5 rings (SSSR count). The summed E-state index contributed by atoms with van der Waals surface area (Å²) < 4.78 is 0. The number of aromatic nitrogens is 1. The van der Waals surface area contributed by atoms with Crippen LogP contribution >= 0.6 is 0 Å². The first-order valence-corrected chi connectivity index (χ1v) is 12.1. The summed E-state index contributed by atoms with van der Waals surface area (Å²) in [7, 11) is 0. The highest BCUT2D eigenvalue weighted by Gasteiger charge is 2.18. The maximum Gasteiger partial charge on any atom is 0.267 e. The van der Waals surface area contributed by atoms with Gasteiger partial charge in [0.1, 0.15) is 0 Å². The van der Waals surface area contributed by atoms with E-state index in [4.69, 9.17) is 5.21 Å². The van der Waals surface area contributed by atoms with Gasteiger partial charge in [0.05, 0.1) is 0 Å². The zero-order valence-corrected chi connectivity index (χ0v) is 19.8. The van der Waals surface area contributed by atoms with Crippen molar-refractivity contribution in [3.63, 3.8) is 0 Å². The molecule has 6 heteroatoms. The van der Waals surface area contributed by atoms with Crippen LogP contribution in [0.3, 0.4) is 0 Å². The van der Waals surface area contributed by atoms with Gasteiger partial charge >= 0.3 is 0 Å². The minimum atomic E-state index is -0.533. The lowest BCUT2D eigenvalue weighted by atomic mass is 10.0. The lowest BCUT2D eigenvalue weighted by molar-refractivity contribution is -0.124. The molecule has 0 spiro atoms. The van der Waals surface area contributed by atoms with Crippen LogP contribution in [0.4, 0.5) is 0 Å². The number of rotatable bonds is 7. The molecule has 0 fully saturated rings. The number of hydrogen-bond donors (Lipinski definition) is 5. The fourth-order valence-corrected chi connectivity index (χ4v) is 4.59. The van der Waals surface area contributed by atoms with Crippen LogP contribution in [0.25, 0.3) is 17.0 Å². The molecule has 6 nitrogen and oxygen atoms in total. The Kier molecular flexibility index (Phi) is 8.17. The number of carbonyl (C=O) groups excluding carboxylic acids is 1. The van der Waals surface area contributed by atoms with Gasteiger partial charge in [-0.05, 0) is 86.2 Å². The van der Waals surface area contributed by atoms with E-state index in [9.17, 15) is 4.79 Å². The monoisotopic (exact) mass is 458 g/mol. The zero-order chi connectivity index (χ0) is 23.8. The lowest BCUT2D eigenvalue weighted by Gasteiger charge is -2.08. The van der Waals surface area contributed by atoms with Crippen LogP contribution in [0.2, 0.25) is 0 Å². The van der Waals surface area contributed by atoms with Gasteiger partial charge in [-0.2, -0.15) is 0 Å². The molecule has 2 aromatic carbocycles. The molecule has 0 unspecified atom stereocenters. The molecule has 2 aliphatic rings. The third-order valence-corrected chi connectivity index (χ3v) is 6.39. The SMILES string of the molecule is CC1=CNCC1.O=C(/C=C/c1ccc(CNCCc2cccc3[nH]c4c(c23)CCC4)cc1)NO. The fourth-order valence-electron chi connectivity index (χ4n) is 4.59. The van der Waals surface area contributed by atoms with Gasteiger partial charge < -0.3 is 15.6 Å². The van der Waals surface area contributed by atoms with Gasteiger partial charge in [-0.3, -0.25) is 10.0 Å². The quantitative estimate of drug-likeness (QED) is 0.157. The van der Waals surface area contributed by atoms with E-state index >= 15 is 0 Å². The van der Waals surface area contributed by atoms with Crippen LogP contribution in [-0.4, -0.2) is 29.2 Å². The van der Waals surface area contributed by atoms with E-state index in [1.165, 1.54) is 70.6 Å². The Morgan fingerprint density at radius 3 is 2.68 bits per heavy atom. The molecule has 3 aromatic rings. The first-order valence-electron chi connectivity index (χ1n) is 12.1. The van der Waals surface area contributed by atoms with Gasteiger partial charge in [0.2, 0.25) is 0 Å². The van der Waals surface area contributed by atoms with Crippen LogP contribution in [-0.2, 0) is 30.6 Å². The van der Waals surface area contributed by atoms with Crippen LogP contribution in [0.5, 0.6) is 0 Å². The number of benzene rings is 2. The van der Waals surface area contributed by atoms with Gasteiger partial charge in [-0.1, -0.05) is 42.0 Å². The van der Waals surface area contributed by atoms with Gasteiger partial charge in [-0.15, -0.1) is 0 Å². The van der Waals surface area contributed by atoms with Crippen LogP contribution < -0.4 is 16.1 Å². The molecule has 2 heterocycles. The summed E-state index contributed by atoms with van der Waals surface area (Å²) in [5.74, 6) is -0.533. The zero-order valence-electron chi connectivity index (χ0n) is 19.8. The highest BCUT2D eigenvalue weighted by atomic mass is 16.5. The number of carbonyl (C=O) groups is 1. The summed E-state index contributed by atoms with van der Waals surface area (Å²) in [5.41, 5.74) is 10.8. The molecule has 178 valence electrons. The fraction of sp³-hybridized carbons (Fsp3) is 0.321. The summed E-state index contributed by atoms with van der Waals surface area (Å²) in [4.78, 5) is 14.6. The number of aryl methyl sites for hydroxylation is 2. The number of amides is 1. The Balaban J connectivity index is 0.000000398. The average molecular weight is 459 g/mol. The molecular formula is C28H34N4O2. The van der Waals surface area contributed by atoms with E-state index in [-0.39, 0.29) is 0 Å². The van der Waals surface area contributed by atoms with Gasteiger partial charge in [-0.25, -0.2) is 5.48 Å². The molecule has 1 aliphatic carbocycles. The molecule has 0 atom stereocenters. The van der Waals surface area contributed by atoms with Gasteiger partial charge in [0.25, 0.3) is 5.91 Å². The van der Waals surface area contributed by atoms with Crippen molar-refractivity contribution >= 4 is 22.9 Å². The van der Waals surface area contributed by atoms with E-state index in [0.717, 1.165) is 31.6 Å². The predicted molar refractivity (Wildman–Crippen MR) is 138 cm³/mol. The van der Waals surface area contributed by atoms with E-state index in [0.29, 0.717) is 0 Å². The summed E-state index contributed by atoms with van der Waals surface area (Å²) in [6, 6.07) is 14.6. The minimum absolute atomic E-state index is 0.533. The summed E-state index contributed by atoms with van der Waals surface area (Å²) in [6.45, 7) is 5.02. The van der Waals surface area contributed by atoms with Crippen molar-refractivity contribution in [1.29, 1.82) is 0 Å². The smallest absolute Gasteiger partial charge is 0.267 e. The maximum absolute atomic E-state index is 11.0. The average Bonchev–Trinajstić information content (AvgIpc) is 3.59. The lowest BCUT2D eigenvalue weighted by Crippen LogP contribution is -2.16. The van der Waals surface area contributed by atoms with Crippen LogP contribution in [0.1, 0.15) is 47.7 Å². The molecule has 34 heavy (non-hydrogen) atoms. The van der Waals surface area contributed by atoms with E-state index in [2.05, 4.69) is 46.9 Å². The van der Waals surface area contributed by atoms with E-state index in [1.54, 1.807) is 11.6 Å². The number of nitrogens with one attached hydrogen (secondary N) is 4. The number of aromatic amines is 1. The predicted octanol–water partition coefficient (Wildman–Crippen LogP) is 4.39. The molecule has 0 bridgehead atoms. The van der Waals surface area contributed by atoms with Crippen LogP contribution in [0, 0.1) is 0 Å². The van der Waals surface area contributed by atoms with Crippen molar-refractivity contribution in [3.05, 3.63) is 88.3 Å². The number of fused-ring (bicyclic) bond motifs is 3. The second-order valence-electron chi connectivity index (χ2n) is 8.95. The van der Waals surface area contributed by atoms with Crippen molar-refractivity contribution in [2.24, 2.45) is 0 Å². The Labute approximate surface area is 201 Å². The molecule has 1 aromatic heterocycles. The van der Waals surface area contributed by atoms with Crippen molar-refractivity contribution in [2.45, 2.75) is 45.6 Å². The highest BCUT2D eigenvalue weighted by molar-refractivity contribution is 5.90. The highest BCUT2D eigenvalue weighted by Crippen LogP contribution is 2.32. The molecule has 1 amide bonds. The number of hydrogen-bond acceptors (Lipinski definition) is 4. The van der Waals surface area contributed by atoms with Crippen molar-refractivity contribution in [2.75, 3.05) is 13.1 Å². The summed E-state index contributed by atoms with van der Waals surface area (Å²) in [5, 5.41) is 16.6. The molecule has 0 radical (unpaired) electrons. The molecule has 0 saturated heterocycles. The Bertz CT molecular complexity index is 1180. The van der Waals surface area contributed by atoms with Gasteiger partial charge in [0.15, 0.2) is 0 Å². The third kappa shape index (κ3) is 6.16. The summed E-state index contributed by atoms with van der Waals surface area (Å²) in [6.07, 6.45) is 10.9. The normalized spacial score (nSPS) is 14.5. The Morgan fingerprint density at radius 2 is 1.97 bits per heavy atom. The number of H-pyrrole nitrogens is 1. The Hall–Kier alpha value is -3.35. The van der Waals surface area contributed by atoms with E-state index < -0.39 is 5.91 Å². The first kappa shape index (κ1) is 23.8. The van der Waals surface area contributed by atoms with Crippen molar-refractivity contribution in [1.82, 2.24) is 21.1 Å². The standard InChI is InChI=1S/C23H25N3O2.C5H9N/c27-22(26-28)12-11-16-7-9-17(10-8-16)15-24-14-13-18-3-1-6-21-23(18)19-4-2-5-20(19)25-21;1-5-2-3-6-4-5/h1,3,6-12,24-25,28H,2,4-5,13-15H2,(H,26,27);4,6H,2-3H2,1H3/b12-11+;. The minimum Gasteiger partial charge on any atom is -0.391 e. The number of hydroxylamine groups is 1.